The highest BCUT2D eigenvalue weighted by Crippen LogP contribution is 2.28. The summed E-state index contributed by atoms with van der Waals surface area (Å²) in [4.78, 5) is 28.6. The number of pyridine rings is 1. The number of nitrogens with zero attached hydrogens (tertiary/aromatic N) is 5. The van der Waals surface area contributed by atoms with Crippen LogP contribution in [0.1, 0.15) is 46.5 Å². The predicted molar refractivity (Wildman–Crippen MR) is 99.6 cm³/mol. The Kier molecular flexibility index (Phi) is 5.37. The van der Waals surface area contributed by atoms with E-state index in [0.29, 0.717) is 24.4 Å². The maximum Gasteiger partial charge on any atom is 0.433 e. The zero-order valence-electron chi connectivity index (χ0n) is 16.1. The number of halogens is 3. The fraction of sp³-hybridized carbons (Fsp3) is 0.421. The van der Waals surface area contributed by atoms with Crippen LogP contribution in [0, 0.1) is 6.92 Å². The fourth-order valence-corrected chi connectivity index (χ4v) is 3.39. The Hall–Kier alpha value is -3.08. The van der Waals surface area contributed by atoms with Crippen molar-refractivity contribution >= 4 is 17.1 Å². The van der Waals surface area contributed by atoms with Crippen LogP contribution in [0.2, 0.25) is 0 Å². The molecule has 158 valence electrons. The van der Waals surface area contributed by atoms with Crippen LogP contribution in [0.3, 0.4) is 0 Å². The summed E-state index contributed by atoms with van der Waals surface area (Å²) in [6.07, 6.45) is 0.282. The Morgan fingerprint density at radius 3 is 2.73 bits per heavy atom. The predicted octanol–water partition coefficient (Wildman–Crippen LogP) is 2.83. The molecule has 0 atom stereocenters. The largest absolute Gasteiger partial charge is 0.433 e. The minimum Gasteiger partial charge on any atom is -0.381 e. The number of aryl methyl sites for hydroxylation is 1. The molecule has 1 fully saturated rings. The topological polar surface area (TPSA) is 94.8 Å². The summed E-state index contributed by atoms with van der Waals surface area (Å²) < 4.78 is 46.0. The summed E-state index contributed by atoms with van der Waals surface area (Å²) in [5.74, 6) is -0.614. The van der Waals surface area contributed by atoms with E-state index in [1.165, 1.54) is 13.1 Å². The number of aromatic nitrogens is 5. The number of alkyl halides is 3. The fourth-order valence-electron chi connectivity index (χ4n) is 3.39. The molecule has 1 aliphatic heterocycles. The smallest absolute Gasteiger partial charge is 0.381 e. The van der Waals surface area contributed by atoms with E-state index < -0.39 is 17.8 Å². The van der Waals surface area contributed by atoms with Gasteiger partial charge in [-0.05, 0) is 31.9 Å². The van der Waals surface area contributed by atoms with E-state index >= 15 is 0 Å². The summed E-state index contributed by atoms with van der Waals surface area (Å²) in [5, 5.41) is 2.53. The Balaban J connectivity index is 1.48. The van der Waals surface area contributed by atoms with Gasteiger partial charge in [0.25, 0.3) is 5.91 Å². The van der Waals surface area contributed by atoms with Crippen LogP contribution in [-0.4, -0.2) is 43.6 Å². The molecular weight excluding hydrogens is 401 g/mol. The van der Waals surface area contributed by atoms with E-state index in [0.717, 1.165) is 18.9 Å². The Labute approximate surface area is 169 Å². The number of carbonyl (C=O) groups is 1. The molecule has 8 nitrogen and oxygen atoms in total. The molecular formula is C19H19F3N6O2. The van der Waals surface area contributed by atoms with E-state index in [1.54, 1.807) is 12.4 Å². The minimum atomic E-state index is -4.58. The molecule has 0 bridgehead atoms. The van der Waals surface area contributed by atoms with Crippen LogP contribution in [0.25, 0.3) is 11.2 Å². The van der Waals surface area contributed by atoms with Crippen LogP contribution in [0.4, 0.5) is 13.2 Å². The number of imidazole rings is 1. The number of hydrogen-bond acceptors (Lipinski definition) is 6. The molecule has 0 saturated carbocycles. The second kappa shape index (κ2) is 7.98. The first-order valence-electron chi connectivity index (χ1n) is 9.41. The molecule has 3 aromatic rings. The van der Waals surface area contributed by atoms with Crippen LogP contribution in [-0.2, 0) is 17.5 Å². The molecule has 0 unspecified atom stereocenters. The number of carbonyl (C=O) groups excluding carboxylic acids is 1. The first kappa shape index (κ1) is 20.2. The monoisotopic (exact) mass is 420 g/mol. The molecule has 0 aromatic carbocycles. The lowest BCUT2D eigenvalue weighted by atomic mass is 10.1. The van der Waals surface area contributed by atoms with Gasteiger partial charge in [-0.2, -0.15) is 13.2 Å². The van der Waals surface area contributed by atoms with Crippen molar-refractivity contribution in [2.75, 3.05) is 13.2 Å². The average Bonchev–Trinajstić information content (AvgIpc) is 3.15. The highest BCUT2D eigenvalue weighted by Gasteiger charge is 2.33. The maximum atomic E-state index is 12.9. The van der Waals surface area contributed by atoms with E-state index in [2.05, 4.69) is 25.3 Å². The Bertz CT molecular complexity index is 1080. The van der Waals surface area contributed by atoms with Crippen molar-refractivity contribution in [2.24, 2.45) is 0 Å². The van der Waals surface area contributed by atoms with Gasteiger partial charge >= 0.3 is 6.18 Å². The lowest BCUT2D eigenvalue weighted by molar-refractivity contribution is -0.141. The summed E-state index contributed by atoms with van der Waals surface area (Å²) in [6.45, 7) is 2.57. The van der Waals surface area contributed by atoms with Gasteiger partial charge in [-0.15, -0.1) is 0 Å². The first-order chi connectivity index (χ1) is 14.3. The minimum absolute atomic E-state index is 0.117. The molecule has 30 heavy (non-hydrogen) atoms. The van der Waals surface area contributed by atoms with Crippen LogP contribution in [0.5, 0.6) is 0 Å². The molecule has 1 amide bonds. The van der Waals surface area contributed by atoms with Gasteiger partial charge in [0.2, 0.25) is 0 Å². The van der Waals surface area contributed by atoms with Gasteiger partial charge in [-0.1, -0.05) is 0 Å². The van der Waals surface area contributed by atoms with E-state index in [1.807, 2.05) is 4.57 Å². The molecule has 1 saturated heterocycles. The van der Waals surface area contributed by atoms with Gasteiger partial charge < -0.3 is 14.6 Å². The number of rotatable bonds is 4. The van der Waals surface area contributed by atoms with E-state index in [-0.39, 0.29) is 29.7 Å². The Morgan fingerprint density at radius 1 is 1.23 bits per heavy atom. The van der Waals surface area contributed by atoms with Crippen molar-refractivity contribution in [1.29, 1.82) is 0 Å². The highest BCUT2D eigenvalue weighted by molar-refractivity contribution is 5.96. The number of hydrogen-bond donors (Lipinski definition) is 1. The third-order valence-corrected chi connectivity index (χ3v) is 4.86. The number of amides is 1. The normalized spacial score (nSPS) is 15.5. The molecule has 3 aromatic heterocycles. The highest BCUT2D eigenvalue weighted by atomic mass is 19.4. The van der Waals surface area contributed by atoms with Crippen molar-refractivity contribution in [3.63, 3.8) is 0 Å². The SMILES string of the molecule is Cc1cc(C(F)(F)F)nc(CNC(=O)c2cnc3c(c2)ncn3C2CCOCC2)n1. The van der Waals surface area contributed by atoms with E-state index in [4.69, 9.17) is 4.74 Å². The van der Waals surface area contributed by atoms with Crippen molar-refractivity contribution in [2.45, 2.75) is 38.5 Å². The molecule has 11 heteroatoms. The lowest BCUT2D eigenvalue weighted by Crippen LogP contribution is -2.25. The van der Waals surface area contributed by atoms with Gasteiger partial charge in [0.05, 0.1) is 18.4 Å². The number of fused-ring (bicyclic) bond motifs is 1. The molecule has 0 aliphatic carbocycles. The third-order valence-electron chi connectivity index (χ3n) is 4.86. The Morgan fingerprint density at radius 2 is 2.00 bits per heavy atom. The standard InChI is InChI=1S/C19H19F3N6O2/c1-11-6-15(19(20,21)22)27-16(26-11)9-24-18(29)12-7-14-17(23-8-12)28(10-25-14)13-2-4-30-5-3-13/h6-8,10,13H,2-5,9H2,1H3,(H,24,29). The van der Waals surface area contributed by atoms with Gasteiger partial charge in [-0.25, -0.2) is 19.9 Å². The van der Waals surface area contributed by atoms with Gasteiger partial charge in [0, 0.05) is 31.1 Å². The van der Waals surface area contributed by atoms with Crippen molar-refractivity contribution in [3.8, 4) is 0 Å². The zero-order chi connectivity index (χ0) is 21.3. The van der Waals surface area contributed by atoms with Crippen LogP contribution < -0.4 is 5.32 Å². The van der Waals surface area contributed by atoms with Crippen LogP contribution in [0.15, 0.2) is 24.7 Å². The van der Waals surface area contributed by atoms with Crippen molar-refractivity contribution < 1.29 is 22.7 Å². The van der Waals surface area contributed by atoms with Crippen LogP contribution >= 0.6 is 0 Å². The van der Waals surface area contributed by atoms with Gasteiger partial charge in [-0.3, -0.25) is 4.79 Å². The molecule has 0 spiro atoms. The summed E-state index contributed by atoms with van der Waals surface area (Å²) >= 11 is 0. The third kappa shape index (κ3) is 4.25. The van der Waals surface area contributed by atoms with E-state index in [9.17, 15) is 18.0 Å². The van der Waals surface area contributed by atoms with Gasteiger partial charge in [0.1, 0.15) is 17.0 Å². The molecule has 1 N–H and O–H groups in total. The lowest BCUT2D eigenvalue weighted by Gasteiger charge is -2.23. The summed E-state index contributed by atoms with van der Waals surface area (Å²) in [7, 11) is 0. The first-order valence-corrected chi connectivity index (χ1v) is 9.41. The van der Waals surface area contributed by atoms with Crippen molar-refractivity contribution in [3.05, 3.63) is 47.4 Å². The summed E-state index contributed by atoms with van der Waals surface area (Å²) in [6, 6.07) is 2.71. The maximum absolute atomic E-state index is 12.9. The average molecular weight is 420 g/mol. The number of ether oxygens (including phenoxy) is 1. The second-order valence-electron chi connectivity index (χ2n) is 7.05. The van der Waals surface area contributed by atoms with Crippen molar-refractivity contribution in [1.82, 2.24) is 29.8 Å². The molecule has 0 radical (unpaired) electrons. The zero-order valence-corrected chi connectivity index (χ0v) is 16.1. The molecule has 1 aliphatic rings. The summed E-state index contributed by atoms with van der Waals surface area (Å²) in [5.41, 5.74) is 0.628. The molecule has 4 heterocycles. The quantitative estimate of drug-likeness (QED) is 0.698. The molecule has 4 rings (SSSR count). The van der Waals surface area contributed by atoms with Gasteiger partial charge in [0.15, 0.2) is 5.65 Å². The number of nitrogens with one attached hydrogen (secondary N) is 1. The second-order valence-corrected chi connectivity index (χ2v) is 7.05.